The summed E-state index contributed by atoms with van der Waals surface area (Å²) < 4.78 is 36.7. The highest BCUT2D eigenvalue weighted by atomic mass is 32.2. The molecule has 2 N–H and O–H groups in total. The number of rotatable bonds is 11. The number of carbonyl (C=O) groups excluding carboxylic acids is 1. The van der Waals surface area contributed by atoms with Gasteiger partial charge in [-0.05, 0) is 92.6 Å². The average molecular weight is 606 g/mol. The molecule has 1 aliphatic rings. The van der Waals surface area contributed by atoms with Gasteiger partial charge in [-0.2, -0.15) is 0 Å². The summed E-state index contributed by atoms with van der Waals surface area (Å²) >= 11 is 0. The molecule has 1 amide bonds. The molecule has 0 radical (unpaired) electrons. The Morgan fingerprint density at radius 1 is 0.953 bits per heavy atom. The molecule has 0 bridgehead atoms. The fourth-order valence-electron chi connectivity index (χ4n) is 6.15. The van der Waals surface area contributed by atoms with E-state index in [9.17, 15) is 13.2 Å². The summed E-state index contributed by atoms with van der Waals surface area (Å²) in [6.07, 6.45) is 0.614. The standard InChI is InChI=1S/C35H47N3O4S/c1-22(2)20-38(8)21-28-14-15-30-31(16-17-42-33(30)18-28)36-34(39)19-32(29-12-10-9-11-13-29)37-43(40,41)35-26(6)24(4)23(3)25(5)27(35)7/h9-15,18,22,31-32,37H,16-17,19-21H2,1-8H3,(H,36,39). The number of fused-ring (bicyclic) bond motifs is 1. The zero-order valence-electron chi connectivity index (χ0n) is 26.9. The van der Waals surface area contributed by atoms with Gasteiger partial charge in [0.25, 0.3) is 0 Å². The molecule has 0 fully saturated rings. The molecular weight excluding hydrogens is 558 g/mol. The topological polar surface area (TPSA) is 87.7 Å². The zero-order valence-corrected chi connectivity index (χ0v) is 27.7. The van der Waals surface area contributed by atoms with E-state index in [2.05, 4.69) is 48.0 Å². The summed E-state index contributed by atoms with van der Waals surface area (Å²) in [5, 5.41) is 3.17. The van der Waals surface area contributed by atoms with Crippen LogP contribution >= 0.6 is 0 Å². The lowest BCUT2D eigenvalue weighted by atomic mass is 9.95. The van der Waals surface area contributed by atoms with Crippen LogP contribution in [0.2, 0.25) is 0 Å². The maximum Gasteiger partial charge on any atom is 0.241 e. The van der Waals surface area contributed by atoms with Crippen molar-refractivity contribution in [1.82, 2.24) is 14.9 Å². The van der Waals surface area contributed by atoms with Crippen molar-refractivity contribution in [3.63, 3.8) is 0 Å². The summed E-state index contributed by atoms with van der Waals surface area (Å²) in [6, 6.07) is 14.6. The highest BCUT2D eigenvalue weighted by Gasteiger charge is 2.30. The molecule has 1 aliphatic heterocycles. The minimum absolute atomic E-state index is 0.0318. The number of amides is 1. The van der Waals surface area contributed by atoms with Gasteiger partial charge in [-0.3, -0.25) is 4.79 Å². The third-order valence-corrected chi connectivity index (χ3v) is 10.4. The van der Waals surface area contributed by atoms with E-state index in [4.69, 9.17) is 4.74 Å². The normalized spacial score (nSPS) is 15.7. The largest absolute Gasteiger partial charge is 0.493 e. The number of sulfonamides is 1. The van der Waals surface area contributed by atoms with Crippen molar-refractivity contribution in [1.29, 1.82) is 0 Å². The average Bonchev–Trinajstić information content (AvgIpc) is 2.94. The number of ether oxygens (including phenoxy) is 1. The zero-order chi connectivity index (χ0) is 31.5. The van der Waals surface area contributed by atoms with Gasteiger partial charge < -0.3 is 15.0 Å². The second-order valence-electron chi connectivity index (χ2n) is 12.5. The SMILES string of the molecule is Cc1c(C)c(C)c(S(=O)(=O)NC(CC(=O)NC2CCOc3cc(CN(C)CC(C)C)ccc32)c2ccccc2)c(C)c1C. The molecule has 0 saturated carbocycles. The van der Waals surface area contributed by atoms with Crippen LogP contribution in [0.1, 0.15) is 83.3 Å². The first kappa shape index (κ1) is 32.7. The van der Waals surface area contributed by atoms with Crippen molar-refractivity contribution in [2.75, 3.05) is 20.2 Å². The fourth-order valence-corrected chi connectivity index (χ4v) is 7.97. The van der Waals surface area contributed by atoms with Gasteiger partial charge in [0, 0.05) is 31.5 Å². The van der Waals surface area contributed by atoms with Gasteiger partial charge in [-0.15, -0.1) is 0 Å². The number of carbonyl (C=O) groups is 1. The summed E-state index contributed by atoms with van der Waals surface area (Å²) in [5.41, 5.74) is 7.34. The van der Waals surface area contributed by atoms with E-state index < -0.39 is 16.1 Å². The number of nitrogens with one attached hydrogen (secondary N) is 2. The van der Waals surface area contributed by atoms with E-state index in [1.54, 1.807) is 0 Å². The highest BCUT2D eigenvalue weighted by molar-refractivity contribution is 7.89. The molecule has 3 aromatic rings. The first-order valence-electron chi connectivity index (χ1n) is 15.2. The summed E-state index contributed by atoms with van der Waals surface area (Å²) in [7, 11) is -1.82. The Morgan fingerprint density at radius 3 is 2.21 bits per heavy atom. The first-order valence-corrected chi connectivity index (χ1v) is 16.6. The van der Waals surface area contributed by atoms with E-state index in [1.807, 2.05) is 71.0 Å². The quantitative estimate of drug-likeness (QED) is 0.265. The third-order valence-electron chi connectivity index (χ3n) is 8.67. The lowest BCUT2D eigenvalue weighted by Gasteiger charge is -2.29. The van der Waals surface area contributed by atoms with E-state index in [-0.39, 0.29) is 18.4 Å². The monoisotopic (exact) mass is 605 g/mol. The molecule has 4 rings (SSSR count). The molecule has 0 aliphatic carbocycles. The molecule has 0 spiro atoms. The van der Waals surface area contributed by atoms with Gasteiger partial charge in [0.2, 0.25) is 15.9 Å². The Labute approximate surface area is 258 Å². The molecular formula is C35H47N3O4S. The van der Waals surface area contributed by atoms with Crippen molar-refractivity contribution >= 4 is 15.9 Å². The van der Waals surface area contributed by atoms with Gasteiger partial charge in [0.05, 0.1) is 23.6 Å². The Morgan fingerprint density at radius 2 is 1.58 bits per heavy atom. The van der Waals surface area contributed by atoms with Crippen molar-refractivity contribution in [2.24, 2.45) is 5.92 Å². The molecule has 1 heterocycles. The maximum absolute atomic E-state index is 13.9. The van der Waals surface area contributed by atoms with Crippen LogP contribution in [0.25, 0.3) is 0 Å². The smallest absolute Gasteiger partial charge is 0.241 e. The van der Waals surface area contributed by atoms with Crippen LogP contribution in [0.15, 0.2) is 53.4 Å². The first-order chi connectivity index (χ1) is 20.3. The number of hydrogen-bond acceptors (Lipinski definition) is 5. The number of benzene rings is 3. The molecule has 8 heteroatoms. The van der Waals surface area contributed by atoms with Gasteiger partial charge in [0.15, 0.2) is 0 Å². The third kappa shape index (κ3) is 7.66. The molecule has 0 aromatic heterocycles. The predicted molar refractivity (Wildman–Crippen MR) is 173 cm³/mol. The van der Waals surface area contributed by atoms with Crippen molar-refractivity contribution in [3.8, 4) is 5.75 Å². The van der Waals surface area contributed by atoms with E-state index in [0.717, 1.165) is 57.8 Å². The summed E-state index contributed by atoms with van der Waals surface area (Å²) in [6.45, 7) is 16.4. The lowest BCUT2D eigenvalue weighted by Crippen LogP contribution is -2.37. The van der Waals surface area contributed by atoms with Gasteiger partial charge in [-0.25, -0.2) is 13.1 Å². The summed E-state index contributed by atoms with van der Waals surface area (Å²) in [5.74, 6) is 1.16. The van der Waals surface area contributed by atoms with Gasteiger partial charge in [-0.1, -0.05) is 56.3 Å². The van der Waals surface area contributed by atoms with Crippen LogP contribution in [0.5, 0.6) is 5.75 Å². The molecule has 43 heavy (non-hydrogen) atoms. The molecule has 2 unspecified atom stereocenters. The molecule has 232 valence electrons. The summed E-state index contributed by atoms with van der Waals surface area (Å²) in [4.78, 5) is 16.1. The lowest BCUT2D eigenvalue weighted by molar-refractivity contribution is -0.122. The van der Waals surface area contributed by atoms with E-state index in [0.29, 0.717) is 23.8 Å². The second kappa shape index (κ2) is 13.6. The van der Waals surface area contributed by atoms with Crippen molar-refractivity contribution in [3.05, 3.63) is 93.0 Å². The Kier molecular flexibility index (Phi) is 10.4. The number of nitrogens with zero attached hydrogens (tertiary/aromatic N) is 1. The second-order valence-corrected chi connectivity index (χ2v) is 14.1. The Balaban J connectivity index is 1.55. The maximum atomic E-state index is 13.9. The van der Waals surface area contributed by atoms with Crippen molar-refractivity contribution in [2.45, 2.75) is 84.8 Å². The van der Waals surface area contributed by atoms with Crippen molar-refractivity contribution < 1.29 is 17.9 Å². The van der Waals surface area contributed by atoms with Gasteiger partial charge in [0.1, 0.15) is 5.75 Å². The number of hydrogen-bond donors (Lipinski definition) is 2. The van der Waals surface area contributed by atoms with Gasteiger partial charge >= 0.3 is 0 Å². The Bertz CT molecular complexity index is 1540. The van der Waals surface area contributed by atoms with Crippen LogP contribution in [0, 0.1) is 40.5 Å². The van der Waals surface area contributed by atoms with Crippen LogP contribution in [-0.4, -0.2) is 39.4 Å². The molecule has 0 saturated heterocycles. The van der Waals surface area contributed by atoms with Crippen LogP contribution in [-0.2, 0) is 21.4 Å². The minimum atomic E-state index is -3.93. The van der Waals surface area contributed by atoms with E-state index >= 15 is 0 Å². The molecule has 3 aromatic carbocycles. The van der Waals surface area contributed by atoms with Crippen LogP contribution in [0.3, 0.4) is 0 Å². The predicted octanol–water partition coefficient (Wildman–Crippen LogP) is 6.37. The van der Waals surface area contributed by atoms with E-state index in [1.165, 1.54) is 5.56 Å². The fraction of sp³-hybridized carbons (Fsp3) is 0.457. The minimum Gasteiger partial charge on any atom is -0.493 e. The highest BCUT2D eigenvalue weighted by Crippen LogP contribution is 2.34. The molecule has 2 atom stereocenters. The molecule has 7 nitrogen and oxygen atoms in total. The van der Waals surface area contributed by atoms with Crippen LogP contribution < -0.4 is 14.8 Å². The van der Waals surface area contributed by atoms with Crippen LogP contribution in [0.4, 0.5) is 0 Å². The Hall–Kier alpha value is -3.20.